The zero-order valence-corrected chi connectivity index (χ0v) is 16.6. The molecule has 0 saturated heterocycles. The predicted octanol–water partition coefficient (Wildman–Crippen LogP) is 6.79. The van der Waals surface area contributed by atoms with Crippen LogP contribution < -0.4 is 10.1 Å². The number of methoxy groups -OCH3 is 1. The van der Waals surface area contributed by atoms with Crippen LogP contribution >= 0.6 is 12.4 Å². The molecule has 0 aliphatic rings. The van der Waals surface area contributed by atoms with Crippen LogP contribution in [0.1, 0.15) is 43.9 Å². The van der Waals surface area contributed by atoms with E-state index in [2.05, 4.69) is 79.8 Å². The van der Waals surface area contributed by atoms with Gasteiger partial charge in [-0.1, -0.05) is 55.8 Å². The molecule has 0 amide bonds. The Labute approximate surface area is 163 Å². The maximum Gasteiger partial charge on any atom is 0.122 e. The first kappa shape index (κ1) is 20.1. The maximum atomic E-state index is 5.52. The van der Waals surface area contributed by atoms with Gasteiger partial charge in [0.2, 0.25) is 0 Å². The summed E-state index contributed by atoms with van der Waals surface area (Å²) in [7, 11) is 1.75. The molecule has 3 aromatic rings. The van der Waals surface area contributed by atoms with Gasteiger partial charge in [0.15, 0.2) is 0 Å². The number of hydrogen-bond acceptors (Lipinski definition) is 2. The number of unbranched alkanes of at least 4 members (excludes halogenated alkanes) is 1. The third-order valence-corrected chi connectivity index (χ3v) is 4.75. The van der Waals surface area contributed by atoms with E-state index in [0.29, 0.717) is 0 Å². The highest BCUT2D eigenvalue weighted by atomic mass is 35.5. The molecule has 138 valence electrons. The molecule has 3 rings (SSSR count). The van der Waals surface area contributed by atoms with Gasteiger partial charge in [-0.25, -0.2) is 0 Å². The highest BCUT2D eigenvalue weighted by Crippen LogP contribution is 2.29. The first-order valence-electron chi connectivity index (χ1n) is 9.14. The van der Waals surface area contributed by atoms with Crippen molar-refractivity contribution < 1.29 is 4.74 Å². The van der Waals surface area contributed by atoms with Crippen LogP contribution in [0.25, 0.3) is 10.8 Å². The number of ether oxygens (including phenoxy) is 1. The van der Waals surface area contributed by atoms with Gasteiger partial charge in [-0.2, -0.15) is 0 Å². The van der Waals surface area contributed by atoms with Crippen molar-refractivity contribution in [3.8, 4) is 5.75 Å². The van der Waals surface area contributed by atoms with Crippen molar-refractivity contribution in [2.24, 2.45) is 0 Å². The van der Waals surface area contributed by atoms with Gasteiger partial charge in [0.25, 0.3) is 0 Å². The van der Waals surface area contributed by atoms with E-state index in [4.69, 9.17) is 4.74 Å². The van der Waals surface area contributed by atoms with Crippen molar-refractivity contribution in [2.75, 3.05) is 12.4 Å². The summed E-state index contributed by atoms with van der Waals surface area (Å²) in [6.07, 6.45) is 3.42. The standard InChI is InChI=1S/C23H27NO.ClH/c1-4-5-9-19-16-20(14-15-23(19)25-3)24-17(2)21-13-8-11-18-10-6-7-12-22(18)21;/h6-8,10-17,24H,4-5,9H2,1-3H3;1H/t17-;/m1./s1. The molecule has 0 unspecified atom stereocenters. The molecule has 0 fully saturated rings. The first-order valence-corrected chi connectivity index (χ1v) is 9.14. The van der Waals surface area contributed by atoms with Crippen molar-refractivity contribution in [2.45, 2.75) is 39.2 Å². The second-order valence-electron chi connectivity index (χ2n) is 6.56. The first-order chi connectivity index (χ1) is 12.2. The molecule has 1 atom stereocenters. The molecule has 0 spiro atoms. The third-order valence-electron chi connectivity index (χ3n) is 4.75. The molecule has 0 bridgehead atoms. The van der Waals surface area contributed by atoms with Crippen molar-refractivity contribution in [1.82, 2.24) is 0 Å². The molecule has 0 heterocycles. The number of anilines is 1. The molecule has 0 aliphatic heterocycles. The summed E-state index contributed by atoms with van der Waals surface area (Å²) >= 11 is 0. The van der Waals surface area contributed by atoms with Gasteiger partial charge in [-0.15, -0.1) is 12.4 Å². The van der Waals surface area contributed by atoms with Crippen molar-refractivity contribution in [1.29, 1.82) is 0 Å². The van der Waals surface area contributed by atoms with E-state index in [0.717, 1.165) is 17.9 Å². The molecule has 2 nitrogen and oxygen atoms in total. The minimum atomic E-state index is 0. The summed E-state index contributed by atoms with van der Waals surface area (Å²) in [5, 5.41) is 6.26. The zero-order valence-electron chi connectivity index (χ0n) is 15.8. The lowest BCUT2D eigenvalue weighted by atomic mass is 9.99. The molecule has 1 N–H and O–H groups in total. The topological polar surface area (TPSA) is 21.3 Å². The molecule has 0 saturated carbocycles. The number of fused-ring (bicyclic) bond motifs is 1. The van der Waals surface area contributed by atoms with Crippen LogP contribution in [-0.4, -0.2) is 7.11 Å². The number of benzene rings is 3. The van der Waals surface area contributed by atoms with Gasteiger partial charge in [-0.05, 0) is 59.9 Å². The fourth-order valence-corrected chi connectivity index (χ4v) is 3.39. The predicted molar refractivity (Wildman–Crippen MR) is 115 cm³/mol. The monoisotopic (exact) mass is 369 g/mol. The van der Waals surface area contributed by atoms with Crippen LogP contribution in [0.3, 0.4) is 0 Å². The van der Waals surface area contributed by atoms with Crippen molar-refractivity contribution in [3.05, 3.63) is 71.8 Å². The lowest BCUT2D eigenvalue weighted by Crippen LogP contribution is -2.07. The van der Waals surface area contributed by atoms with Crippen molar-refractivity contribution >= 4 is 28.9 Å². The van der Waals surface area contributed by atoms with Gasteiger partial charge in [0.1, 0.15) is 5.75 Å². The summed E-state index contributed by atoms with van der Waals surface area (Å²) in [4.78, 5) is 0. The highest BCUT2D eigenvalue weighted by molar-refractivity contribution is 5.86. The maximum absolute atomic E-state index is 5.52. The molecule has 3 heteroatoms. The van der Waals surface area contributed by atoms with Crippen LogP contribution in [0.2, 0.25) is 0 Å². The normalized spacial score (nSPS) is 11.7. The Bertz CT molecular complexity index is 841. The van der Waals surface area contributed by atoms with E-state index in [1.807, 2.05) is 0 Å². The summed E-state index contributed by atoms with van der Waals surface area (Å²) in [6.45, 7) is 4.44. The SMILES string of the molecule is CCCCc1cc(N[C@H](C)c2cccc3ccccc23)ccc1OC.Cl. The molecular formula is C23H28ClNO. The molecule has 0 aromatic heterocycles. The van der Waals surface area contributed by atoms with Gasteiger partial charge >= 0.3 is 0 Å². The van der Waals surface area contributed by atoms with Crippen LogP contribution in [0.15, 0.2) is 60.7 Å². The second-order valence-corrected chi connectivity index (χ2v) is 6.56. The highest BCUT2D eigenvalue weighted by Gasteiger charge is 2.11. The third kappa shape index (κ3) is 4.50. The van der Waals surface area contributed by atoms with Crippen LogP contribution in [0, 0.1) is 0 Å². The van der Waals surface area contributed by atoms with E-state index >= 15 is 0 Å². The minimum absolute atomic E-state index is 0. The Kier molecular flexibility index (Phi) is 7.35. The summed E-state index contributed by atoms with van der Waals surface area (Å²) in [5.41, 5.74) is 3.75. The van der Waals surface area contributed by atoms with Gasteiger partial charge in [0.05, 0.1) is 7.11 Å². The lowest BCUT2D eigenvalue weighted by molar-refractivity contribution is 0.409. The van der Waals surface area contributed by atoms with Crippen LogP contribution in [-0.2, 0) is 6.42 Å². The lowest BCUT2D eigenvalue weighted by Gasteiger charge is -2.19. The molecule has 26 heavy (non-hydrogen) atoms. The number of rotatable bonds is 7. The molecular weight excluding hydrogens is 342 g/mol. The van der Waals surface area contributed by atoms with E-state index in [9.17, 15) is 0 Å². The zero-order chi connectivity index (χ0) is 17.6. The Balaban J connectivity index is 0.00000243. The van der Waals surface area contributed by atoms with E-state index in [1.165, 1.54) is 34.7 Å². The van der Waals surface area contributed by atoms with Gasteiger partial charge in [0, 0.05) is 11.7 Å². The average Bonchev–Trinajstić information content (AvgIpc) is 2.66. The van der Waals surface area contributed by atoms with E-state index in [1.54, 1.807) is 7.11 Å². The Hall–Kier alpha value is -2.19. The largest absolute Gasteiger partial charge is 0.496 e. The van der Waals surface area contributed by atoms with Crippen molar-refractivity contribution in [3.63, 3.8) is 0 Å². The number of hydrogen-bond donors (Lipinski definition) is 1. The van der Waals surface area contributed by atoms with Crippen LogP contribution in [0.5, 0.6) is 5.75 Å². The van der Waals surface area contributed by atoms with E-state index in [-0.39, 0.29) is 18.4 Å². The minimum Gasteiger partial charge on any atom is -0.496 e. The van der Waals surface area contributed by atoms with E-state index < -0.39 is 0 Å². The number of nitrogens with one attached hydrogen (secondary N) is 1. The van der Waals surface area contributed by atoms with Crippen LogP contribution in [0.4, 0.5) is 5.69 Å². The molecule has 0 aliphatic carbocycles. The number of aryl methyl sites for hydroxylation is 1. The Morgan fingerprint density at radius 3 is 2.54 bits per heavy atom. The molecule has 3 aromatic carbocycles. The average molecular weight is 370 g/mol. The second kappa shape index (κ2) is 9.49. The quantitative estimate of drug-likeness (QED) is 0.495. The Morgan fingerprint density at radius 1 is 1.00 bits per heavy atom. The smallest absolute Gasteiger partial charge is 0.122 e. The summed E-state index contributed by atoms with van der Waals surface area (Å²) in [5.74, 6) is 0.983. The number of halogens is 1. The van der Waals surface area contributed by atoms with Gasteiger partial charge < -0.3 is 10.1 Å². The Morgan fingerprint density at radius 2 is 1.77 bits per heavy atom. The summed E-state index contributed by atoms with van der Waals surface area (Å²) in [6, 6.07) is 21.7. The summed E-state index contributed by atoms with van der Waals surface area (Å²) < 4.78 is 5.52. The fraction of sp³-hybridized carbons (Fsp3) is 0.304. The fourth-order valence-electron chi connectivity index (χ4n) is 3.39. The van der Waals surface area contributed by atoms with Gasteiger partial charge in [-0.3, -0.25) is 0 Å². The molecule has 0 radical (unpaired) electrons.